The van der Waals surface area contributed by atoms with Crippen molar-refractivity contribution in [3.05, 3.63) is 35.5 Å². The fraction of sp³-hybridized carbons (Fsp3) is 0.571. The Morgan fingerprint density at radius 2 is 2.14 bits per heavy atom. The molecule has 0 aromatic rings. The Kier molecular flexibility index (Phi) is 4.72. The van der Waals surface area contributed by atoms with Crippen molar-refractivity contribution in [2.45, 2.75) is 46.5 Å². The van der Waals surface area contributed by atoms with Crippen LogP contribution >= 0.6 is 0 Å². The fourth-order valence-corrected chi connectivity index (χ4v) is 1.87. The molecule has 0 nitrogen and oxygen atoms in total. The van der Waals surface area contributed by atoms with Crippen LogP contribution < -0.4 is 0 Å². The molecule has 0 fully saturated rings. The Bertz CT molecular complexity index is 253. The molecule has 1 aliphatic carbocycles. The van der Waals surface area contributed by atoms with Crippen molar-refractivity contribution in [3.8, 4) is 0 Å². The van der Waals surface area contributed by atoms with Gasteiger partial charge in [0, 0.05) is 0 Å². The van der Waals surface area contributed by atoms with E-state index in [1.165, 1.54) is 31.3 Å². The van der Waals surface area contributed by atoms with Crippen LogP contribution in [0.5, 0.6) is 0 Å². The lowest BCUT2D eigenvalue weighted by Crippen LogP contribution is -2.02. The molecular weight excluding hydrogens is 168 g/mol. The van der Waals surface area contributed by atoms with Crippen LogP contribution in [0.1, 0.15) is 46.5 Å². The van der Waals surface area contributed by atoms with Gasteiger partial charge in [0.25, 0.3) is 0 Å². The Morgan fingerprint density at radius 1 is 1.36 bits per heavy atom. The average molecular weight is 190 g/mol. The van der Waals surface area contributed by atoms with Crippen LogP contribution in [0.4, 0.5) is 0 Å². The second kappa shape index (κ2) is 5.85. The third-order valence-electron chi connectivity index (χ3n) is 3.02. The molecule has 14 heavy (non-hydrogen) atoms. The van der Waals surface area contributed by atoms with E-state index < -0.39 is 0 Å². The lowest BCUT2D eigenvalue weighted by atomic mass is 9.88. The van der Waals surface area contributed by atoms with Crippen LogP contribution in [-0.2, 0) is 0 Å². The Hall–Kier alpha value is -0.780. The van der Waals surface area contributed by atoms with Crippen molar-refractivity contribution in [2.24, 2.45) is 5.92 Å². The molecule has 0 bridgehead atoms. The first-order chi connectivity index (χ1) is 6.74. The van der Waals surface area contributed by atoms with Crippen LogP contribution in [0.3, 0.4) is 0 Å². The van der Waals surface area contributed by atoms with Crippen molar-refractivity contribution >= 4 is 0 Å². The first kappa shape index (κ1) is 11.3. The summed E-state index contributed by atoms with van der Waals surface area (Å²) in [5.74, 6) is 0.760. The molecule has 1 rings (SSSR count). The zero-order chi connectivity index (χ0) is 10.4. The fourth-order valence-electron chi connectivity index (χ4n) is 1.87. The minimum absolute atomic E-state index is 0.760. The monoisotopic (exact) mass is 190 g/mol. The number of allylic oxidation sites excluding steroid dienone is 6. The molecule has 0 unspecified atom stereocenters. The van der Waals surface area contributed by atoms with E-state index in [1.54, 1.807) is 5.57 Å². The first-order valence-corrected chi connectivity index (χ1v) is 5.71. The smallest absolute Gasteiger partial charge is 0.0225 e. The third kappa shape index (κ3) is 3.53. The molecule has 0 aliphatic heterocycles. The summed E-state index contributed by atoms with van der Waals surface area (Å²) in [6.45, 7) is 6.66. The number of rotatable bonds is 4. The molecular formula is C14H22. The van der Waals surface area contributed by atoms with Gasteiger partial charge >= 0.3 is 0 Å². The zero-order valence-electron chi connectivity index (χ0n) is 9.72. The van der Waals surface area contributed by atoms with Gasteiger partial charge in [-0.25, -0.2) is 0 Å². The molecule has 0 aromatic carbocycles. The molecule has 78 valence electrons. The topological polar surface area (TPSA) is 0 Å². The largest absolute Gasteiger partial charge is 0.0917 e. The van der Waals surface area contributed by atoms with Crippen LogP contribution in [0, 0.1) is 5.92 Å². The summed E-state index contributed by atoms with van der Waals surface area (Å²) in [7, 11) is 0. The van der Waals surface area contributed by atoms with Crippen molar-refractivity contribution in [1.29, 1.82) is 0 Å². The van der Waals surface area contributed by atoms with E-state index in [-0.39, 0.29) is 0 Å². The summed E-state index contributed by atoms with van der Waals surface area (Å²) in [6, 6.07) is 0. The van der Waals surface area contributed by atoms with E-state index in [9.17, 15) is 0 Å². The third-order valence-corrected chi connectivity index (χ3v) is 3.02. The molecule has 0 amide bonds. The van der Waals surface area contributed by atoms with Gasteiger partial charge in [0.2, 0.25) is 0 Å². The maximum atomic E-state index is 2.35. The maximum absolute atomic E-state index is 2.35. The van der Waals surface area contributed by atoms with Gasteiger partial charge in [-0.1, -0.05) is 42.4 Å². The molecule has 0 saturated heterocycles. The first-order valence-electron chi connectivity index (χ1n) is 5.71. The van der Waals surface area contributed by atoms with E-state index in [0.717, 1.165) is 5.92 Å². The van der Waals surface area contributed by atoms with E-state index in [0.29, 0.717) is 0 Å². The maximum Gasteiger partial charge on any atom is -0.0225 e. The van der Waals surface area contributed by atoms with Gasteiger partial charge in [0.05, 0.1) is 0 Å². The molecule has 0 saturated carbocycles. The summed E-state index contributed by atoms with van der Waals surface area (Å²) < 4.78 is 0. The highest BCUT2D eigenvalue weighted by Crippen LogP contribution is 2.26. The molecule has 0 heteroatoms. The van der Waals surface area contributed by atoms with E-state index in [2.05, 4.69) is 45.1 Å². The average Bonchev–Trinajstić information content (AvgIpc) is 2.19. The van der Waals surface area contributed by atoms with Gasteiger partial charge < -0.3 is 0 Å². The molecule has 0 heterocycles. The predicted octanol–water partition coefficient (Wildman–Crippen LogP) is 4.65. The minimum Gasteiger partial charge on any atom is -0.0917 e. The highest BCUT2D eigenvalue weighted by Gasteiger charge is 2.10. The molecule has 0 spiro atoms. The van der Waals surface area contributed by atoms with Crippen LogP contribution in [-0.4, -0.2) is 0 Å². The van der Waals surface area contributed by atoms with Gasteiger partial charge in [-0.05, 0) is 45.4 Å². The van der Waals surface area contributed by atoms with Gasteiger partial charge in [0.15, 0.2) is 0 Å². The van der Waals surface area contributed by atoms with Gasteiger partial charge in [-0.15, -0.1) is 0 Å². The van der Waals surface area contributed by atoms with E-state index in [1.807, 2.05) is 0 Å². The van der Waals surface area contributed by atoms with Gasteiger partial charge in [-0.2, -0.15) is 0 Å². The quantitative estimate of drug-likeness (QED) is 0.566. The Labute approximate surface area is 88.4 Å². The summed E-state index contributed by atoms with van der Waals surface area (Å²) in [6.07, 6.45) is 14.1. The number of hydrogen-bond donors (Lipinski definition) is 0. The highest BCUT2D eigenvalue weighted by atomic mass is 14.2. The lowest BCUT2D eigenvalue weighted by Gasteiger charge is -2.18. The van der Waals surface area contributed by atoms with Crippen LogP contribution in [0.25, 0.3) is 0 Å². The summed E-state index contributed by atoms with van der Waals surface area (Å²) in [5, 5.41) is 0. The standard InChI is InChI=1S/C14H22/c1-4-5-6-7-13(3)14-10-8-12(2)9-11-14/h4-5,8,10,13H,6-7,9,11H2,1-3H3/b5-4-/t13-/m1/s1. The summed E-state index contributed by atoms with van der Waals surface area (Å²) >= 11 is 0. The predicted molar refractivity (Wildman–Crippen MR) is 64.3 cm³/mol. The summed E-state index contributed by atoms with van der Waals surface area (Å²) in [4.78, 5) is 0. The van der Waals surface area contributed by atoms with Crippen LogP contribution in [0.2, 0.25) is 0 Å². The van der Waals surface area contributed by atoms with Crippen molar-refractivity contribution in [3.63, 3.8) is 0 Å². The van der Waals surface area contributed by atoms with Crippen molar-refractivity contribution in [2.75, 3.05) is 0 Å². The molecule has 0 aromatic heterocycles. The molecule has 1 atom stereocenters. The minimum atomic E-state index is 0.760. The zero-order valence-corrected chi connectivity index (χ0v) is 9.72. The van der Waals surface area contributed by atoms with Gasteiger partial charge in [0.1, 0.15) is 0 Å². The Morgan fingerprint density at radius 3 is 2.71 bits per heavy atom. The normalized spacial score (nSPS) is 19.4. The molecule has 0 radical (unpaired) electrons. The SMILES string of the molecule is C/C=C\CC[C@@H](C)C1=CC=C(C)CC1. The lowest BCUT2D eigenvalue weighted by molar-refractivity contribution is 0.590. The van der Waals surface area contributed by atoms with Crippen LogP contribution in [0.15, 0.2) is 35.5 Å². The van der Waals surface area contributed by atoms with Gasteiger partial charge in [-0.3, -0.25) is 0 Å². The number of hydrogen-bond acceptors (Lipinski definition) is 0. The van der Waals surface area contributed by atoms with E-state index in [4.69, 9.17) is 0 Å². The van der Waals surface area contributed by atoms with E-state index >= 15 is 0 Å². The Balaban J connectivity index is 2.41. The van der Waals surface area contributed by atoms with Crippen molar-refractivity contribution < 1.29 is 0 Å². The van der Waals surface area contributed by atoms with Crippen molar-refractivity contribution in [1.82, 2.24) is 0 Å². The molecule has 1 aliphatic rings. The second-order valence-electron chi connectivity index (χ2n) is 4.30. The second-order valence-corrected chi connectivity index (χ2v) is 4.30. The summed E-state index contributed by atoms with van der Waals surface area (Å²) in [5.41, 5.74) is 3.16. The highest BCUT2D eigenvalue weighted by molar-refractivity contribution is 5.24. The molecule has 0 N–H and O–H groups in total.